The molecule has 2 amide bonds. The number of rotatable bonds is 1. The zero-order valence-corrected chi connectivity index (χ0v) is 9.09. The Labute approximate surface area is 92.2 Å². The van der Waals surface area contributed by atoms with Gasteiger partial charge in [0.05, 0.1) is 6.42 Å². The molecule has 0 saturated carbocycles. The number of nitrogens with one attached hydrogen (secondary N) is 1. The van der Waals surface area contributed by atoms with Gasteiger partial charge < -0.3 is 1.43 Å². The Morgan fingerprint density at radius 3 is 2.17 bits per heavy atom. The molecule has 8 heteroatoms. The van der Waals surface area contributed by atoms with Gasteiger partial charge in [-0.25, -0.2) is 0 Å². The Morgan fingerprint density at radius 2 is 2.00 bits per heavy atom. The van der Waals surface area contributed by atoms with Gasteiger partial charge in [-0.1, -0.05) is 0 Å². The smallest absolute Gasteiger partial charge is 1.00 e. The van der Waals surface area contributed by atoms with E-state index in [0.717, 1.165) is 0 Å². The van der Waals surface area contributed by atoms with Gasteiger partial charge in [-0.05, 0) is 0 Å². The van der Waals surface area contributed by atoms with Crippen LogP contribution in [0.5, 0.6) is 0 Å². The third kappa shape index (κ3) is 2.53. The van der Waals surface area contributed by atoms with Crippen molar-refractivity contribution in [2.75, 3.05) is 0 Å². The zero-order chi connectivity index (χ0) is 8.65. The molecular formula is C4H6NNaO5S. The monoisotopic (exact) mass is 203 g/mol. The number of hydrogen-bond donors (Lipinski definition) is 2. The fourth-order valence-corrected chi connectivity index (χ4v) is 1.46. The molecule has 1 aliphatic heterocycles. The van der Waals surface area contributed by atoms with Gasteiger partial charge in [-0.3, -0.25) is 19.5 Å². The third-order valence-corrected chi connectivity index (χ3v) is 2.39. The van der Waals surface area contributed by atoms with E-state index in [1.807, 2.05) is 0 Å². The quantitative estimate of drug-likeness (QED) is 0.254. The number of hydrogen-bond acceptors (Lipinski definition) is 4. The molecule has 1 heterocycles. The van der Waals surface area contributed by atoms with E-state index in [0.29, 0.717) is 0 Å². The van der Waals surface area contributed by atoms with Crippen LogP contribution in [0.3, 0.4) is 0 Å². The Hall–Kier alpha value is 0.0500. The van der Waals surface area contributed by atoms with Gasteiger partial charge in [0, 0.05) is 0 Å². The Balaban J connectivity index is 0. The maximum absolute atomic E-state index is 10.6. The molecule has 0 bridgehead atoms. The van der Waals surface area contributed by atoms with Crippen molar-refractivity contribution in [3.8, 4) is 0 Å². The van der Waals surface area contributed by atoms with E-state index in [1.54, 1.807) is 5.32 Å². The molecule has 0 aromatic heterocycles. The molecule has 1 atom stereocenters. The van der Waals surface area contributed by atoms with Gasteiger partial charge in [0.1, 0.15) is 0 Å². The van der Waals surface area contributed by atoms with Crippen molar-refractivity contribution >= 4 is 21.9 Å². The van der Waals surface area contributed by atoms with Crippen LogP contribution in [0.1, 0.15) is 7.85 Å². The number of carbonyl (C=O) groups excluding carboxylic acids is 2. The van der Waals surface area contributed by atoms with Crippen LogP contribution in [0.2, 0.25) is 0 Å². The summed E-state index contributed by atoms with van der Waals surface area (Å²) in [6, 6.07) is 0. The summed E-state index contributed by atoms with van der Waals surface area (Å²) in [6.07, 6.45) is -0.488. The molecular weight excluding hydrogens is 197 g/mol. The molecule has 2 N–H and O–H groups in total. The van der Waals surface area contributed by atoms with Gasteiger partial charge in [-0.15, -0.1) is 0 Å². The second-order valence-corrected chi connectivity index (χ2v) is 3.72. The molecule has 64 valence electrons. The second-order valence-electron chi connectivity index (χ2n) is 2.12. The van der Waals surface area contributed by atoms with E-state index in [4.69, 9.17) is 4.55 Å². The Kier molecular flexibility index (Phi) is 3.86. The first-order valence-electron chi connectivity index (χ1n) is 2.71. The first-order chi connectivity index (χ1) is 4.91. The molecule has 1 aliphatic rings. The van der Waals surface area contributed by atoms with Gasteiger partial charge in [0.25, 0.3) is 10.1 Å². The van der Waals surface area contributed by atoms with E-state index in [-0.39, 0.29) is 31.0 Å². The first kappa shape index (κ1) is 12.0. The molecule has 1 saturated heterocycles. The topological polar surface area (TPSA) is 101 Å². The van der Waals surface area contributed by atoms with E-state index >= 15 is 0 Å². The van der Waals surface area contributed by atoms with Gasteiger partial charge >= 0.3 is 29.6 Å². The minimum absolute atomic E-state index is 0. The summed E-state index contributed by atoms with van der Waals surface area (Å²) in [6.45, 7) is 0. The van der Waals surface area contributed by atoms with Crippen LogP contribution in [0, 0.1) is 0 Å². The molecule has 0 aromatic rings. The predicted molar refractivity (Wildman–Crippen MR) is 34.2 cm³/mol. The van der Waals surface area contributed by atoms with Crippen molar-refractivity contribution in [2.45, 2.75) is 11.7 Å². The van der Waals surface area contributed by atoms with E-state index < -0.39 is 33.6 Å². The van der Waals surface area contributed by atoms with Crippen molar-refractivity contribution in [1.29, 1.82) is 0 Å². The second kappa shape index (κ2) is 3.84. The minimum Gasteiger partial charge on any atom is -1.00 e. The van der Waals surface area contributed by atoms with Crippen LogP contribution in [0.25, 0.3) is 0 Å². The van der Waals surface area contributed by atoms with Crippen LogP contribution < -0.4 is 34.9 Å². The average Bonchev–Trinajstić information content (AvgIpc) is 2.08. The normalized spacial score (nSPS) is 23.2. The van der Waals surface area contributed by atoms with Gasteiger partial charge in [-0.2, -0.15) is 8.42 Å². The van der Waals surface area contributed by atoms with Crippen LogP contribution in [0.15, 0.2) is 0 Å². The molecule has 1 rings (SSSR count). The van der Waals surface area contributed by atoms with Crippen molar-refractivity contribution in [2.24, 2.45) is 0 Å². The molecule has 1 fully saturated rings. The minimum atomic E-state index is -4.42. The summed E-state index contributed by atoms with van der Waals surface area (Å²) in [7, 11) is -4.42. The van der Waals surface area contributed by atoms with E-state index in [9.17, 15) is 18.0 Å². The Morgan fingerprint density at radius 1 is 1.50 bits per heavy atom. The molecule has 0 spiro atoms. The van der Waals surface area contributed by atoms with Crippen LogP contribution in [-0.2, 0) is 19.7 Å². The first-order valence-corrected chi connectivity index (χ1v) is 4.21. The largest absolute Gasteiger partial charge is 1.00 e. The van der Waals surface area contributed by atoms with Gasteiger partial charge in [0.2, 0.25) is 11.8 Å². The molecule has 0 aliphatic carbocycles. The van der Waals surface area contributed by atoms with Gasteiger partial charge in [0.15, 0.2) is 5.25 Å². The van der Waals surface area contributed by atoms with E-state index in [1.165, 1.54) is 0 Å². The van der Waals surface area contributed by atoms with Crippen LogP contribution in [-0.4, -0.2) is 30.0 Å². The van der Waals surface area contributed by atoms with Crippen molar-refractivity contribution in [3.05, 3.63) is 0 Å². The zero-order valence-electron chi connectivity index (χ0n) is 7.27. The Bertz CT molecular complexity index is 314. The summed E-state index contributed by atoms with van der Waals surface area (Å²) in [5.41, 5.74) is 0. The average molecular weight is 203 g/mol. The summed E-state index contributed by atoms with van der Waals surface area (Å²) >= 11 is 0. The fourth-order valence-electron chi connectivity index (χ4n) is 0.771. The van der Waals surface area contributed by atoms with Crippen molar-refractivity contribution in [3.63, 3.8) is 0 Å². The number of carbonyl (C=O) groups is 2. The number of imide groups is 1. The van der Waals surface area contributed by atoms with Crippen molar-refractivity contribution in [1.82, 2.24) is 5.32 Å². The SMILES string of the molecule is O=C1CC(S(=O)(=O)O)C(=O)N1.[H-].[Na+]. The summed E-state index contributed by atoms with van der Waals surface area (Å²) in [5, 5.41) is 0.141. The molecule has 6 nitrogen and oxygen atoms in total. The van der Waals surface area contributed by atoms with Crippen LogP contribution >= 0.6 is 0 Å². The summed E-state index contributed by atoms with van der Waals surface area (Å²) in [5.74, 6) is -1.64. The van der Waals surface area contributed by atoms with E-state index in [2.05, 4.69) is 0 Å². The van der Waals surface area contributed by atoms with Crippen LogP contribution in [0.4, 0.5) is 0 Å². The fraction of sp³-hybridized carbons (Fsp3) is 0.500. The third-order valence-electron chi connectivity index (χ3n) is 1.29. The predicted octanol–water partition coefficient (Wildman–Crippen LogP) is -4.59. The standard InChI is InChI=1S/C4H5NO5S.Na.H/c6-3-1-2(4(7)5-3)11(8,9)10;;/h2H,1H2,(H,5,6,7)(H,8,9,10);;/q;+1;-1. The summed E-state index contributed by atoms with van der Waals surface area (Å²) in [4.78, 5) is 21.0. The molecule has 0 aromatic carbocycles. The molecule has 0 radical (unpaired) electrons. The molecule has 1 unspecified atom stereocenters. The maximum atomic E-state index is 10.6. The van der Waals surface area contributed by atoms with Crippen molar-refractivity contribution < 1.29 is 53.5 Å². The number of amides is 2. The summed E-state index contributed by atoms with van der Waals surface area (Å²) < 4.78 is 29.0. The molecule has 12 heavy (non-hydrogen) atoms. The maximum Gasteiger partial charge on any atom is 1.00 e.